The van der Waals surface area contributed by atoms with E-state index < -0.39 is 0 Å². The fraction of sp³-hybridized carbons (Fsp3) is 0.619. The minimum Gasteiger partial charge on any atom is -0.355 e. The summed E-state index contributed by atoms with van der Waals surface area (Å²) < 4.78 is 0. The lowest BCUT2D eigenvalue weighted by Gasteiger charge is -2.20. The molecule has 2 atom stereocenters. The third-order valence-corrected chi connectivity index (χ3v) is 6.85. The van der Waals surface area contributed by atoms with Crippen molar-refractivity contribution in [3.05, 3.63) is 24.5 Å². The number of hydrogen-bond acceptors (Lipinski definition) is 5. The van der Waals surface area contributed by atoms with Gasteiger partial charge in [-0.05, 0) is 55.9 Å². The number of nitrogens with zero attached hydrogens (tertiary/aromatic N) is 4. The summed E-state index contributed by atoms with van der Waals surface area (Å²) in [5.41, 5.74) is 0.845. The molecule has 2 unspecified atom stereocenters. The van der Waals surface area contributed by atoms with E-state index in [0.29, 0.717) is 17.8 Å². The summed E-state index contributed by atoms with van der Waals surface area (Å²) in [7, 11) is 0. The summed E-state index contributed by atoms with van der Waals surface area (Å²) in [6.07, 6.45) is 13.1. The lowest BCUT2D eigenvalue weighted by molar-refractivity contribution is -0.129. The predicted octanol–water partition coefficient (Wildman–Crippen LogP) is 3.22. The van der Waals surface area contributed by atoms with Crippen LogP contribution in [-0.2, 0) is 4.79 Å². The number of carbonyl (C=O) groups is 1. The lowest BCUT2D eigenvalue weighted by atomic mass is 10.0. The summed E-state index contributed by atoms with van der Waals surface area (Å²) in [5.74, 6) is 2.64. The summed E-state index contributed by atoms with van der Waals surface area (Å²) in [4.78, 5) is 22.4. The van der Waals surface area contributed by atoms with E-state index >= 15 is 0 Å². The summed E-state index contributed by atoms with van der Waals surface area (Å²) in [5, 5.41) is 15.4. The average molecular weight is 415 g/mol. The molecule has 2 saturated heterocycles. The van der Waals surface area contributed by atoms with Crippen LogP contribution in [0.15, 0.2) is 29.5 Å². The molecule has 0 saturated carbocycles. The molecule has 0 radical (unpaired) electrons. The number of likely N-dealkylation sites (tertiary alicyclic amines) is 1. The van der Waals surface area contributed by atoms with Gasteiger partial charge in [0.05, 0.1) is 5.25 Å². The van der Waals surface area contributed by atoms with Crippen molar-refractivity contribution in [3.8, 4) is 6.19 Å². The highest BCUT2D eigenvalue weighted by molar-refractivity contribution is 8.00. The molecule has 0 bridgehead atoms. The van der Waals surface area contributed by atoms with Gasteiger partial charge in [0.25, 0.3) is 0 Å². The molecular weight excluding hydrogens is 384 g/mol. The van der Waals surface area contributed by atoms with Crippen LogP contribution in [0, 0.1) is 17.4 Å². The molecule has 2 N–H and O–H groups in total. The third kappa shape index (κ3) is 6.93. The Balaban J connectivity index is 1.27. The number of unbranched alkanes of at least 4 members (excludes halogenated alkanes) is 2. The van der Waals surface area contributed by atoms with Crippen molar-refractivity contribution in [2.24, 2.45) is 10.9 Å². The molecule has 1 amide bonds. The van der Waals surface area contributed by atoms with E-state index in [1.54, 1.807) is 12.4 Å². The van der Waals surface area contributed by atoms with Gasteiger partial charge in [0.15, 0.2) is 0 Å². The Bertz CT molecular complexity index is 714. The van der Waals surface area contributed by atoms with Crippen molar-refractivity contribution in [2.75, 3.05) is 30.7 Å². The van der Waals surface area contributed by atoms with Gasteiger partial charge >= 0.3 is 0 Å². The number of nitriles is 1. The first-order chi connectivity index (χ1) is 14.3. The Labute approximate surface area is 177 Å². The van der Waals surface area contributed by atoms with Crippen molar-refractivity contribution in [3.63, 3.8) is 0 Å². The van der Waals surface area contributed by atoms with Crippen molar-refractivity contribution >= 4 is 29.3 Å². The average Bonchev–Trinajstić information content (AvgIpc) is 3.43. The third-order valence-electron chi connectivity index (χ3n) is 5.49. The standard InChI is InChI=1S/C21H30N6OS/c22-16-25-21(26-18-7-11-23-12-8-18)24-10-3-1-2-5-17-9-13-27(15-17)20(28)19-6-4-14-29-19/h7-8,11-12,17,19H,1-6,9-10,13-15H2,(H2,23,24,25,26). The molecular formula is C21H30N6OS. The predicted molar refractivity (Wildman–Crippen MR) is 118 cm³/mol. The molecule has 156 valence electrons. The van der Waals surface area contributed by atoms with Crippen LogP contribution in [0.3, 0.4) is 0 Å². The van der Waals surface area contributed by atoms with Gasteiger partial charge in [-0.1, -0.05) is 12.8 Å². The Kier molecular flexibility index (Phi) is 8.62. The first-order valence-corrected chi connectivity index (χ1v) is 11.6. The Morgan fingerprint density at radius 3 is 2.93 bits per heavy atom. The van der Waals surface area contributed by atoms with E-state index in [4.69, 9.17) is 5.26 Å². The van der Waals surface area contributed by atoms with Gasteiger partial charge in [-0.25, -0.2) is 0 Å². The normalized spacial score (nSPS) is 21.8. The number of amides is 1. The minimum absolute atomic E-state index is 0.227. The van der Waals surface area contributed by atoms with Crippen LogP contribution in [0.1, 0.15) is 44.9 Å². The number of nitrogens with one attached hydrogen (secondary N) is 2. The second-order valence-corrected chi connectivity index (χ2v) is 8.95. The summed E-state index contributed by atoms with van der Waals surface area (Å²) >= 11 is 1.84. The Morgan fingerprint density at radius 2 is 2.17 bits per heavy atom. The molecule has 2 fully saturated rings. The van der Waals surface area contributed by atoms with Gasteiger partial charge in [0.1, 0.15) is 0 Å². The zero-order valence-corrected chi connectivity index (χ0v) is 17.7. The Morgan fingerprint density at radius 1 is 1.31 bits per heavy atom. The quantitative estimate of drug-likeness (QED) is 0.294. The van der Waals surface area contributed by atoms with Gasteiger partial charge in [0, 0.05) is 37.7 Å². The molecule has 7 nitrogen and oxygen atoms in total. The highest BCUT2D eigenvalue weighted by Crippen LogP contribution is 2.30. The molecule has 2 aliphatic rings. The van der Waals surface area contributed by atoms with E-state index in [2.05, 4.69) is 25.5 Å². The second kappa shape index (κ2) is 11.7. The van der Waals surface area contributed by atoms with E-state index in [1.165, 1.54) is 19.3 Å². The second-order valence-electron chi connectivity index (χ2n) is 7.64. The molecule has 29 heavy (non-hydrogen) atoms. The molecule has 2 aliphatic heterocycles. The van der Waals surface area contributed by atoms with Crippen LogP contribution in [0.5, 0.6) is 0 Å². The highest BCUT2D eigenvalue weighted by atomic mass is 32.2. The van der Waals surface area contributed by atoms with Gasteiger partial charge < -0.3 is 15.5 Å². The maximum Gasteiger partial charge on any atom is 0.235 e. The molecule has 0 aliphatic carbocycles. The molecule has 0 aromatic carbocycles. The molecule has 3 rings (SSSR count). The van der Waals surface area contributed by atoms with E-state index in [9.17, 15) is 4.79 Å². The van der Waals surface area contributed by atoms with E-state index in [-0.39, 0.29) is 5.25 Å². The van der Waals surface area contributed by atoms with Crippen LogP contribution in [-0.4, -0.2) is 52.4 Å². The zero-order chi connectivity index (χ0) is 20.3. The molecule has 1 aromatic heterocycles. The maximum atomic E-state index is 12.5. The molecule has 1 aromatic rings. The maximum absolute atomic E-state index is 12.5. The number of rotatable bonds is 8. The highest BCUT2D eigenvalue weighted by Gasteiger charge is 2.32. The van der Waals surface area contributed by atoms with Gasteiger partial charge in [-0.3, -0.25) is 9.78 Å². The fourth-order valence-corrected chi connectivity index (χ4v) is 5.16. The number of carbonyl (C=O) groups excluding carboxylic acids is 1. The van der Waals surface area contributed by atoms with Crippen LogP contribution in [0.2, 0.25) is 0 Å². The number of hydrogen-bond donors (Lipinski definition) is 2. The number of guanidine groups is 1. The molecule has 8 heteroatoms. The topological polar surface area (TPSA) is 93.4 Å². The largest absolute Gasteiger partial charge is 0.355 e. The van der Waals surface area contributed by atoms with Crippen LogP contribution < -0.4 is 10.6 Å². The number of aromatic nitrogens is 1. The fourth-order valence-electron chi connectivity index (χ4n) is 3.92. The number of anilines is 1. The zero-order valence-electron chi connectivity index (χ0n) is 16.8. The van der Waals surface area contributed by atoms with Crippen molar-refractivity contribution in [1.29, 1.82) is 5.26 Å². The van der Waals surface area contributed by atoms with Gasteiger partial charge in [0.2, 0.25) is 18.1 Å². The van der Waals surface area contributed by atoms with Crippen molar-refractivity contribution < 1.29 is 4.79 Å². The monoisotopic (exact) mass is 414 g/mol. The van der Waals surface area contributed by atoms with Gasteiger partial charge in [-0.2, -0.15) is 5.26 Å². The smallest absolute Gasteiger partial charge is 0.235 e. The first-order valence-electron chi connectivity index (χ1n) is 10.5. The minimum atomic E-state index is 0.227. The molecule has 0 spiro atoms. The Hall–Kier alpha value is -2.27. The lowest BCUT2D eigenvalue weighted by Crippen LogP contribution is -2.35. The van der Waals surface area contributed by atoms with E-state index in [1.807, 2.05) is 30.1 Å². The SMILES string of the molecule is N#CN=C(NCCCCCC1CCN(C(=O)C2CCCS2)C1)Nc1ccncc1. The van der Waals surface area contributed by atoms with Crippen LogP contribution in [0.25, 0.3) is 0 Å². The first kappa shape index (κ1) is 21.4. The summed E-state index contributed by atoms with van der Waals surface area (Å²) in [6, 6.07) is 3.66. The molecule has 3 heterocycles. The van der Waals surface area contributed by atoms with Crippen LogP contribution in [0.4, 0.5) is 5.69 Å². The number of aliphatic imine (C=N–C) groups is 1. The number of thioether (sulfide) groups is 1. The number of pyridine rings is 1. The van der Waals surface area contributed by atoms with Gasteiger partial charge in [-0.15, -0.1) is 16.8 Å². The van der Waals surface area contributed by atoms with Crippen LogP contribution >= 0.6 is 11.8 Å². The summed E-state index contributed by atoms with van der Waals surface area (Å²) in [6.45, 7) is 2.66. The van der Waals surface area contributed by atoms with E-state index in [0.717, 1.165) is 56.8 Å². The van der Waals surface area contributed by atoms with Crippen molar-refractivity contribution in [2.45, 2.75) is 50.2 Å². The van der Waals surface area contributed by atoms with Crippen molar-refractivity contribution in [1.82, 2.24) is 15.2 Å².